The number of terminal acetylenes is 1. The molecule has 2 unspecified atom stereocenters. The second-order valence-corrected chi connectivity index (χ2v) is 9.28. The molecule has 0 aliphatic rings. The molecule has 0 bridgehead atoms. The van der Waals surface area contributed by atoms with E-state index in [0.717, 1.165) is 4.90 Å². The third-order valence-electron chi connectivity index (χ3n) is 4.03. The van der Waals surface area contributed by atoms with Crippen molar-refractivity contribution in [2.45, 2.75) is 64.8 Å². The van der Waals surface area contributed by atoms with Crippen LogP contribution in [0.15, 0.2) is 30.3 Å². The molecule has 7 nitrogen and oxygen atoms in total. The van der Waals surface area contributed by atoms with Gasteiger partial charge in [-0.25, -0.2) is 4.79 Å². The molecule has 1 aromatic carbocycles. The van der Waals surface area contributed by atoms with Gasteiger partial charge in [-0.1, -0.05) is 36.8 Å². The van der Waals surface area contributed by atoms with Gasteiger partial charge in [0.2, 0.25) is 5.91 Å². The Morgan fingerprint density at radius 3 is 2.26 bits per heavy atom. The van der Waals surface area contributed by atoms with E-state index in [-0.39, 0.29) is 6.04 Å². The van der Waals surface area contributed by atoms with E-state index in [4.69, 9.17) is 11.2 Å². The van der Waals surface area contributed by atoms with E-state index in [9.17, 15) is 14.4 Å². The highest BCUT2D eigenvalue weighted by atomic mass is 32.2. The number of ether oxygens (including phenoxy) is 1. The summed E-state index contributed by atoms with van der Waals surface area (Å²) in [5, 5.41) is 5.44. The number of nitrogens with one attached hydrogen (secondary N) is 2. The first-order valence-electron chi connectivity index (χ1n) is 10.1. The molecule has 0 spiro atoms. The van der Waals surface area contributed by atoms with Gasteiger partial charge in [0.05, 0.1) is 0 Å². The van der Waals surface area contributed by atoms with Gasteiger partial charge >= 0.3 is 6.09 Å². The highest BCUT2D eigenvalue weighted by Gasteiger charge is 2.35. The number of nitrogens with zero attached hydrogens (tertiary/aromatic N) is 1. The van der Waals surface area contributed by atoms with E-state index < -0.39 is 35.6 Å². The number of carbonyl (C=O) groups is 3. The maximum Gasteiger partial charge on any atom is 0.408 e. The molecule has 170 valence electrons. The van der Waals surface area contributed by atoms with E-state index in [2.05, 4.69) is 16.7 Å². The number of benzene rings is 1. The average molecular weight is 448 g/mol. The summed E-state index contributed by atoms with van der Waals surface area (Å²) in [5.74, 6) is -0.331. The Balaban J connectivity index is 3.25. The molecule has 0 fully saturated rings. The average Bonchev–Trinajstić information content (AvgIpc) is 2.67. The van der Waals surface area contributed by atoms with Gasteiger partial charge in [-0.05, 0) is 58.6 Å². The lowest BCUT2D eigenvalue weighted by atomic mass is 10.0. The molecular formula is C23H33N3O4S. The first kappa shape index (κ1) is 26.4. The highest BCUT2D eigenvalue weighted by molar-refractivity contribution is 7.98. The van der Waals surface area contributed by atoms with Crippen LogP contribution in [0.25, 0.3) is 0 Å². The predicted octanol–water partition coefficient (Wildman–Crippen LogP) is 3.32. The first-order chi connectivity index (χ1) is 14.5. The van der Waals surface area contributed by atoms with Crippen molar-refractivity contribution in [1.29, 1.82) is 0 Å². The zero-order chi connectivity index (χ0) is 23.6. The van der Waals surface area contributed by atoms with Crippen LogP contribution in [0.1, 0.15) is 52.6 Å². The molecule has 1 aromatic rings. The molecule has 0 aliphatic heterocycles. The van der Waals surface area contributed by atoms with Crippen molar-refractivity contribution in [3.8, 4) is 12.5 Å². The molecule has 0 aromatic heterocycles. The zero-order valence-corrected chi connectivity index (χ0v) is 19.9. The topological polar surface area (TPSA) is 87.7 Å². The van der Waals surface area contributed by atoms with Crippen LogP contribution in [0.5, 0.6) is 0 Å². The standard InChI is InChI=1S/C23H33N3O4S/c1-8-26(19(20(27)24-16(2)3)17-12-10-9-11-13-17)21(28)18(14-15-31-7)25-22(29)30-23(4,5)6/h1,9-13,16,18-19H,14-15H2,2-7H3,(H,24,27)(H,25,29). The Kier molecular flexibility index (Phi) is 10.4. The molecule has 0 radical (unpaired) electrons. The van der Waals surface area contributed by atoms with E-state index in [1.807, 2.05) is 26.2 Å². The fourth-order valence-corrected chi connectivity index (χ4v) is 3.26. The normalized spacial score (nSPS) is 13.0. The number of thioether (sulfide) groups is 1. The summed E-state index contributed by atoms with van der Waals surface area (Å²) in [6.45, 7) is 8.86. The Labute approximate surface area is 189 Å². The fraction of sp³-hybridized carbons (Fsp3) is 0.522. The van der Waals surface area contributed by atoms with Gasteiger partial charge in [0.25, 0.3) is 5.91 Å². The third kappa shape index (κ3) is 8.93. The third-order valence-corrected chi connectivity index (χ3v) is 4.67. The SMILES string of the molecule is C#CN(C(=O)C(CCSC)NC(=O)OC(C)(C)C)C(C(=O)NC(C)C)c1ccccc1. The molecule has 2 atom stereocenters. The maximum absolute atomic E-state index is 13.4. The minimum atomic E-state index is -1.03. The number of alkyl carbamates (subject to hydrolysis) is 1. The quantitative estimate of drug-likeness (QED) is 0.448. The van der Waals surface area contributed by atoms with Gasteiger partial charge in [0.15, 0.2) is 0 Å². The van der Waals surface area contributed by atoms with Crippen molar-refractivity contribution < 1.29 is 19.1 Å². The second kappa shape index (κ2) is 12.3. The second-order valence-electron chi connectivity index (χ2n) is 8.29. The lowest BCUT2D eigenvalue weighted by Crippen LogP contribution is -2.52. The van der Waals surface area contributed by atoms with Gasteiger partial charge in [-0.3, -0.25) is 14.5 Å². The van der Waals surface area contributed by atoms with E-state index in [1.165, 1.54) is 11.8 Å². The van der Waals surface area contributed by atoms with Crippen molar-refractivity contribution in [2.75, 3.05) is 12.0 Å². The Hall–Kier alpha value is -2.66. The Bertz CT molecular complexity index is 784. The molecule has 0 saturated heterocycles. The van der Waals surface area contributed by atoms with Crippen LogP contribution < -0.4 is 10.6 Å². The van der Waals surface area contributed by atoms with Crippen molar-refractivity contribution in [2.24, 2.45) is 0 Å². The summed E-state index contributed by atoms with van der Waals surface area (Å²) in [5.41, 5.74) is -0.139. The summed E-state index contributed by atoms with van der Waals surface area (Å²) < 4.78 is 5.30. The van der Waals surface area contributed by atoms with Crippen molar-refractivity contribution in [3.05, 3.63) is 35.9 Å². The van der Waals surface area contributed by atoms with E-state index in [0.29, 0.717) is 17.7 Å². The number of amides is 3. The summed E-state index contributed by atoms with van der Waals surface area (Å²) in [4.78, 5) is 39.8. The molecule has 0 aliphatic carbocycles. The van der Waals surface area contributed by atoms with E-state index in [1.54, 1.807) is 45.0 Å². The van der Waals surface area contributed by atoms with Crippen LogP contribution in [0.4, 0.5) is 4.79 Å². The molecule has 3 amide bonds. The lowest BCUT2D eigenvalue weighted by Gasteiger charge is -2.30. The first-order valence-corrected chi connectivity index (χ1v) is 11.5. The van der Waals surface area contributed by atoms with Gasteiger partial charge in [0, 0.05) is 12.1 Å². The molecule has 8 heteroatoms. The zero-order valence-electron chi connectivity index (χ0n) is 19.1. The molecule has 31 heavy (non-hydrogen) atoms. The molecule has 2 N–H and O–H groups in total. The minimum absolute atomic E-state index is 0.138. The Morgan fingerprint density at radius 2 is 1.77 bits per heavy atom. The van der Waals surface area contributed by atoms with Crippen LogP contribution >= 0.6 is 11.8 Å². The fourth-order valence-electron chi connectivity index (χ4n) is 2.79. The largest absolute Gasteiger partial charge is 0.444 e. The van der Waals surface area contributed by atoms with Crippen molar-refractivity contribution in [1.82, 2.24) is 15.5 Å². The van der Waals surface area contributed by atoms with Crippen LogP contribution in [-0.4, -0.2) is 52.5 Å². The number of rotatable bonds is 9. The van der Waals surface area contributed by atoms with Crippen molar-refractivity contribution >= 4 is 29.7 Å². The minimum Gasteiger partial charge on any atom is -0.444 e. The molecule has 1 rings (SSSR count). The summed E-state index contributed by atoms with van der Waals surface area (Å²) in [7, 11) is 0. The highest BCUT2D eigenvalue weighted by Crippen LogP contribution is 2.23. The van der Waals surface area contributed by atoms with E-state index >= 15 is 0 Å². The number of hydrogen-bond donors (Lipinski definition) is 2. The van der Waals surface area contributed by atoms with Gasteiger partial charge in [-0.2, -0.15) is 11.8 Å². The summed E-state index contributed by atoms with van der Waals surface area (Å²) >= 11 is 1.53. The monoisotopic (exact) mass is 447 g/mol. The van der Waals surface area contributed by atoms with Crippen LogP contribution in [0.3, 0.4) is 0 Å². The predicted molar refractivity (Wildman–Crippen MR) is 124 cm³/mol. The Morgan fingerprint density at radius 1 is 1.16 bits per heavy atom. The molecular weight excluding hydrogens is 414 g/mol. The van der Waals surface area contributed by atoms with Crippen LogP contribution in [0.2, 0.25) is 0 Å². The maximum atomic E-state index is 13.4. The number of carbonyl (C=O) groups excluding carboxylic acids is 3. The van der Waals surface area contributed by atoms with Crippen molar-refractivity contribution in [3.63, 3.8) is 0 Å². The smallest absolute Gasteiger partial charge is 0.408 e. The molecule has 0 saturated carbocycles. The van der Waals surface area contributed by atoms with Gasteiger partial charge in [-0.15, -0.1) is 0 Å². The number of hydrogen-bond acceptors (Lipinski definition) is 5. The lowest BCUT2D eigenvalue weighted by molar-refractivity contribution is -0.138. The van der Waals surface area contributed by atoms with Gasteiger partial charge < -0.3 is 15.4 Å². The van der Waals surface area contributed by atoms with Gasteiger partial charge in [0.1, 0.15) is 17.7 Å². The van der Waals surface area contributed by atoms with Crippen LogP contribution in [0, 0.1) is 12.5 Å². The van der Waals surface area contributed by atoms with Crippen LogP contribution in [-0.2, 0) is 14.3 Å². The summed E-state index contributed by atoms with van der Waals surface area (Å²) in [6, 6.07) is 9.09. The molecule has 0 heterocycles. The summed E-state index contributed by atoms with van der Waals surface area (Å²) in [6.07, 6.45) is 7.23.